The van der Waals surface area contributed by atoms with E-state index in [4.69, 9.17) is 4.98 Å². The van der Waals surface area contributed by atoms with Crippen molar-refractivity contribution < 1.29 is 4.39 Å². The third-order valence-electron chi connectivity index (χ3n) is 5.01. The molecular weight excluding hydrogens is 369 g/mol. The summed E-state index contributed by atoms with van der Waals surface area (Å²) >= 11 is 0. The van der Waals surface area contributed by atoms with Crippen LogP contribution in [0, 0.1) is 5.82 Å². The first-order valence-corrected chi connectivity index (χ1v) is 9.52. The molecule has 0 bridgehead atoms. The van der Waals surface area contributed by atoms with Crippen LogP contribution in [0.15, 0.2) is 60.8 Å². The Morgan fingerprint density at radius 1 is 0.862 bits per heavy atom. The second kappa shape index (κ2) is 7.38. The van der Waals surface area contributed by atoms with Crippen molar-refractivity contribution in [2.75, 3.05) is 18.0 Å². The highest BCUT2D eigenvalue weighted by atomic mass is 19.1. The highest BCUT2D eigenvalue weighted by Gasteiger charge is 2.23. The summed E-state index contributed by atoms with van der Waals surface area (Å²) in [5, 5.41) is 12.1. The van der Waals surface area contributed by atoms with Crippen LogP contribution in [0.5, 0.6) is 0 Å². The minimum atomic E-state index is -0.349. The van der Waals surface area contributed by atoms with Crippen LogP contribution in [0.3, 0.4) is 0 Å². The highest BCUT2D eigenvalue weighted by Crippen LogP contribution is 2.33. The molecule has 4 aromatic rings. The van der Waals surface area contributed by atoms with Crippen molar-refractivity contribution in [3.05, 3.63) is 66.6 Å². The second-order valence-corrected chi connectivity index (χ2v) is 6.86. The Labute approximate surface area is 166 Å². The summed E-state index contributed by atoms with van der Waals surface area (Å²) < 4.78 is 16.3. The standard InChI is InChI=1S/C21H18FN7/c22-18-11-5-4-10-16(18)19-17(14-23-21(24-19)28-12-6-7-13-28)20-25-26-27-29(20)15-8-2-1-3-9-15/h1-5,8-11,14H,6-7,12-13H2. The lowest BCUT2D eigenvalue weighted by Crippen LogP contribution is -2.20. The van der Waals surface area contributed by atoms with E-state index in [9.17, 15) is 4.39 Å². The summed E-state index contributed by atoms with van der Waals surface area (Å²) in [6.07, 6.45) is 3.90. The number of hydrogen-bond donors (Lipinski definition) is 0. The molecule has 1 aliphatic rings. The molecule has 5 rings (SSSR count). The third kappa shape index (κ3) is 3.22. The van der Waals surface area contributed by atoms with E-state index in [-0.39, 0.29) is 5.82 Å². The van der Waals surface area contributed by atoms with Crippen LogP contribution in [0.4, 0.5) is 10.3 Å². The van der Waals surface area contributed by atoms with Crippen LogP contribution < -0.4 is 4.90 Å². The molecule has 8 heteroatoms. The zero-order chi connectivity index (χ0) is 19.6. The fourth-order valence-corrected chi connectivity index (χ4v) is 3.56. The van der Waals surface area contributed by atoms with Gasteiger partial charge in [0.15, 0.2) is 5.82 Å². The molecule has 0 atom stereocenters. The first-order chi connectivity index (χ1) is 14.3. The molecule has 144 valence electrons. The number of tetrazole rings is 1. The zero-order valence-electron chi connectivity index (χ0n) is 15.6. The average Bonchev–Trinajstić information content (AvgIpc) is 3.47. The minimum Gasteiger partial charge on any atom is -0.341 e. The predicted octanol–water partition coefficient (Wildman–Crippen LogP) is 3.53. The first-order valence-electron chi connectivity index (χ1n) is 9.52. The molecule has 1 fully saturated rings. The molecule has 0 spiro atoms. The van der Waals surface area contributed by atoms with Gasteiger partial charge in [0.2, 0.25) is 5.95 Å². The normalized spacial score (nSPS) is 13.8. The molecule has 0 unspecified atom stereocenters. The van der Waals surface area contributed by atoms with E-state index in [1.807, 2.05) is 30.3 Å². The van der Waals surface area contributed by atoms with E-state index in [0.717, 1.165) is 31.6 Å². The number of benzene rings is 2. The second-order valence-electron chi connectivity index (χ2n) is 6.86. The number of aromatic nitrogens is 6. The molecule has 3 heterocycles. The molecular formula is C21H18FN7. The molecule has 2 aromatic carbocycles. The van der Waals surface area contributed by atoms with Crippen molar-refractivity contribution in [1.82, 2.24) is 30.2 Å². The van der Waals surface area contributed by atoms with Crippen LogP contribution >= 0.6 is 0 Å². The molecule has 1 saturated heterocycles. The Hall–Kier alpha value is -3.68. The maximum atomic E-state index is 14.7. The monoisotopic (exact) mass is 387 g/mol. The number of nitrogens with zero attached hydrogens (tertiary/aromatic N) is 7. The predicted molar refractivity (Wildman–Crippen MR) is 107 cm³/mol. The van der Waals surface area contributed by atoms with E-state index >= 15 is 0 Å². The summed E-state index contributed by atoms with van der Waals surface area (Å²) in [5.41, 5.74) is 2.25. The lowest BCUT2D eigenvalue weighted by atomic mass is 10.1. The van der Waals surface area contributed by atoms with Crippen molar-refractivity contribution in [3.8, 4) is 28.3 Å². The Morgan fingerprint density at radius 3 is 2.41 bits per heavy atom. The van der Waals surface area contributed by atoms with Gasteiger partial charge in [-0.25, -0.2) is 14.4 Å². The SMILES string of the molecule is Fc1ccccc1-c1nc(N2CCCC2)ncc1-c1nnnn1-c1ccccc1. The van der Waals surface area contributed by atoms with Crippen molar-refractivity contribution in [2.24, 2.45) is 0 Å². The van der Waals surface area contributed by atoms with E-state index in [1.165, 1.54) is 6.07 Å². The smallest absolute Gasteiger partial charge is 0.225 e. The van der Waals surface area contributed by atoms with Gasteiger partial charge >= 0.3 is 0 Å². The van der Waals surface area contributed by atoms with Gasteiger partial charge in [-0.3, -0.25) is 0 Å². The number of hydrogen-bond acceptors (Lipinski definition) is 6. The van der Waals surface area contributed by atoms with Gasteiger partial charge in [0, 0.05) is 24.8 Å². The van der Waals surface area contributed by atoms with Gasteiger partial charge in [-0.15, -0.1) is 5.10 Å². The van der Waals surface area contributed by atoms with E-state index in [2.05, 4.69) is 25.4 Å². The average molecular weight is 387 g/mol. The topological polar surface area (TPSA) is 72.6 Å². The van der Waals surface area contributed by atoms with Gasteiger partial charge in [0.05, 0.1) is 16.9 Å². The maximum Gasteiger partial charge on any atom is 0.225 e. The summed E-state index contributed by atoms with van der Waals surface area (Å²) in [7, 11) is 0. The van der Waals surface area contributed by atoms with Gasteiger partial charge in [-0.05, 0) is 47.5 Å². The van der Waals surface area contributed by atoms with Crippen LogP contribution in [-0.4, -0.2) is 43.3 Å². The number of rotatable bonds is 4. The number of para-hydroxylation sites is 1. The minimum absolute atomic E-state index is 0.349. The third-order valence-corrected chi connectivity index (χ3v) is 5.01. The summed E-state index contributed by atoms with van der Waals surface area (Å²) in [6.45, 7) is 1.80. The van der Waals surface area contributed by atoms with Gasteiger partial charge < -0.3 is 4.90 Å². The molecule has 29 heavy (non-hydrogen) atoms. The molecule has 7 nitrogen and oxygen atoms in total. The lowest BCUT2D eigenvalue weighted by Gasteiger charge is -2.17. The Kier molecular flexibility index (Phi) is 4.44. The Bertz CT molecular complexity index is 1140. The summed E-state index contributed by atoms with van der Waals surface area (Å²) in [6, 6.07) is 16.1. The molecule has 0 aliphatic carbocycles. The number of halogens is 1. The van der Waals surface area contributed by atoms with Crippen LogP contribution in [0.25, 0.3) is 28.3 Å². The van der Waals surface area contributed by atoms with E-state index in [1.54, 1.807) is 29.1 Å². The number of anilines is 1. The fourth-order valence-electron chi connectivity index (χ4n) is 3.56. The van der Waals surface area contributed by atoms with Crippen LogP contribution in [0.2, 0.25) is 0 Å². The van der Waals surface area contributed by atoms with Gasteiger partial charge in [0.1, 0.15) is 5.82 Å². The van der Waals surface area contributed by atoms with Gasteiger partial charge in [-0.1, -0.05) is 30.3 Å². The zero-order valence-corrected chi connectivity index (χ0v) is 15.6. The van der Waals surface area contributed by atoms with Gasteiger partial charge in [-0.2, -0.15) is 4.68 Å². The fraction of sp³-hybridized carbons (Fsp3) is 0.190. The quantitative estimate of drug-likeness (QED) is 0.533. The van der Waals surface area contributed by atoms with Crippen molar-refractivity contribution >= 4 is 5.95 Å². The van der Waals surface area contributed by atoms with Gasteiger partial charge in [0.25, 0.3) is 0 Å². The lowest BCUT2D eigenvalue weighted by molar-refractivity contribution is 0.630. The van der Waals surface area contributed by atoms with Crippen LogP contribution in [0.1, 0.15) is 12.8 Å². The van der Waals surface area contributed by atoms with E-state index < -0.39 is 0 Å². The molecule has 0 amide bonds. The maximum absolute atomic E-state index is 14.7. The van der Waals surface area contributed by atoms with Crippen LogP contribution in [-0.2, 0) is 0 Å². The molecule has 2 aromatic heterocycles. The molecule has 0 N–H and O–H groups in total. The first kappa shape index (κ1) is 17.4. The van der Waals surface area contributed by atoms with Crippen molar-refractivity contribution in [3.63, 3.8) is 0 Å². The largest absolute Gasteiger partial charge is 0.341 e. The summed E-state index contributed by atoms with van der Waals surface area (Å²) in [5.74, 6) is 0.712. The van der Waals surface area contributed by atoms with E-state index in [0.29, 0.717) is 28.6 Å². The summed E-state index contributed by atoms with van der Waals surface area (Å²) in [4.78, 5) is 11.4. The Morgan fingerprint density at radius 2 is 1.62 bits per heavy atom. The van der Waals surface area contributed by atoms with Crippen molar-refractivity contribution in [2.45, 2.75) is 12.8 Å². The molecule has 1 aliphatic heterocycles. The highest BCUT2D eigenvalue weighted by molar-refractivity contribution is 5.78. The Balaban J connectivity index is 1.70. The molecule has 0 saturated carbocycles. The van der Waals surface area contributed by atoms with Crippen molar-refractivity contribution in [1.29, 1.82) is 0 Å². The molecule has 0 radical (unpaired) electrons.